The summed E-state index contributed by atoms with van der Waals surface area (Å²) in [5.74, 6) is 1.10. The molecule has 138 valence electrons. The number of thioether (sulfide) groups is 1. The molecule has 1 atom stereocenters. The van der Waals surface area contributed by atoms with Crippen molar-refractivity contribution in [2.24, 2.45) is 0 Å². The highest BCUT2D eigenvalue weighted by atomic mass is 32.2. The molecule has 2 aliphatic rings. The summed E-state index contributed by atoms with van der Waals surface area (Å²) in [6.45, 7) is 1.81. The van der Waals surface area contributed by atoms with E-state index in [4.69, 9.17) is 14.2 Å². The number of aromatic nitrogens is 4. The third-order valence-corrected chi connectivity index (χ3v) is 5.24. The molecule has 0 aliphatic carbocycles. The van der Waals surface area contributed by atoms with E-state index in [-0.39, 0.29) is 18.6 Å². The number of benzene rings is 1. The second-order valence-electron chi connectivity index (χ2n) is 6.03. The van der Waals surface area contributed by atoms with Crippen LogP contribution in [0.4, 0.5) is 5.69 Å². The second-order valence-corrected chi connectivity index (χ2v) is 6.97. The first-order chi connectivity index (χ1) is 12.7. The molecule has 1 unspecified atom stereocenters. The molecule has 10 nitrogen and oxygen atoms in total. The van der Waals surface area contributed by atoms with Crippen molar-refractivity contribution < 1.29 is 19.1 Å². The number of rotatable bonds is 6. The molecule has 11 heteroatoms. The van der Waals surface area contributed by atoms with Gasteiger partial charge in [0, 0.05) is 35.6 Å². The van der Waals surface area contributed by atoms with E-state index < -0.39 is 4.92 Å². The molecular weight excluding hydrogens is 362 g/mol. The molecular formula is C15H17N5O5S. The molecule has 26 heavy (non-hydrogen) atoms. The fraction of sp³-hybridized carbons (Fsp3) is 0.533. The van der Waals surface area contributed by atoms with Crippen LogP contribution in [0.5, 0.6) is 5.75 Å². The summed E-state index contributed by atoms with van der Waals surface area (Å²) in [6.07, 6.45) is 2.17. The van der Waals surface area contributed by atoms with Crippen LogP contribution in [-0.2, 0) is 28.4 Å². The van der Waals surface area contributed by atoms with Crippen molar-refractivity contribution >= 4 is 17.4 Å². The highest BCUT2D eigenvalue weighted by Crippen LogP contribution is 2.36. The van der Waals surface area contributed by atoms with Crippen LogP contribution in [0.15, 0.2) is 17.3 Å². The molecule has 1 aromatic carbocycles. The summed E-state index contributed by atoms with van der Waals surface area (Å²) in [5, 5.41) is 23.6. The maximum atomic E-state index is 11.2. The zero-order valence-electron chi connectivity index (χ0n) is 13.9. The van der Waals surface area contributed by atoms with Gasteiger partial charge in [-0.15, -0.1) is 5.10 Å². The van der Waals surface area contributed by atoms with Crippen molar-refractivity contribution in [1.82, 2.24) is 20.2 Å². The Labute approximate surface area is 152 Å². The van der Waals surface area contributed by atoms with Crippen LogP contribution >= 0.6 is 11.8 Å². The number of non-ortho nitro benzene ring substituents is 1. The Morgan fingerprint density at radius 2 is 2.35 bits per heavy atom. The van der Waals surface area contributed by atoms with Crippen LogP contribution in [0.3, 0.4) is 0 Å². The lowest BCUT2D eigenvalue weighted by molar-refractivity contribution is -0.385. The van der Waals surface area contributed by atoms with E-state index in [0.29, 0.717) is 35.4 Å². The summed E-state index contributed by atoms with van der Waals surface area (Å²) >= 11 is 1.41. The van der Waals surface area contributed by atoms with Crippen molar-refractivity contribution in [2.45, 2.75) is 43.0 Å². The average Bonchev–Trinajstić information content (AvgIpc) is 3.32. The molecule has 0 spiro atoms. The van der Waals surface area contributed by atoms with Gasteiger partial charge in [0.15, 0.2) is 6.79 Å². The number of nitrogens with zero attached hydrogens (tertiary/aromatic N) is 5. The van der Waals surface area contributed by atoms with Crippen LogP contribution in [0, 0.1) is 10.1 Å². The van der Waals surface area contributed by atoms with E-state index in [1.165, 1.54) is 23.9 Å². The Hall–Kier alpha value is -2.24. The number of hydrogen-bond acceptors (Lipinski definition) is 9. The molecule has 1 aromatic heterocycles. The number of ether oxygens (including phenoxy) is 3. The van der Waals surface area contributed by atoms with Crippen LogP contribution < -0.4 is 4.74 Å². The number of tetrazole rings is 1. The van der Waals surface area contributed by atoms with Crippen molar-refractivity contribution in [3.05, 3.63) is 33.4 Å². The maximum absolute atomic E-state index is 11.2. The largest absolute Gasteiger partial charge is 0.467 e. The zero-order chi connectivity index (χ0) is 17.9. The molecule has 0 amide bonds. The Bertz CT molecular complexity index is 808. The predicted octanol–water partition coefficient (Wildman–Crippen LogP) is 1.92. The lowest BCUT2D eigenvalue weighted by Crippen LogP contribution is -2.17. The number of fused-ring (bicyclic) bond motifs is 1. The van der Waals surface area contributed by atoms with Crippen molar-refractivity contribution in [3.8, 4) is 5.75 Å². The monoisotopic (exact) mass is 379 g/mol. The topological polar surface area (TPSA) is 114 Å². The normalized spacial score (nSPS) is 19.2. The summed E-state index contributed by atoms with van der Waals surface area (Å²) < 4.78 is 18.1. The van der Waals surface area contributed by atoms with Gasteiger partial charge >= 0.3 is 0 Å². The van der Waals surface area contributed by atoms with Crippen molar-refractivity contribution in [3.63, 3.8) is 0 Å². The Kier molecular flexibility index (Phi) is 5.00. The summed E-state index contributed by atoms with van der Waals surface area (Å²) in [5.41, 5.74) is 1.43. The molecule has 0 radical (unpaired) electrons. The third kappa shape index (κ3) is 3.64. The standard InChI is InChI=1S/C15H17N5O5S/c21-20(22)12-4-10-7-23-9-25-14(10)11(5-12)8-26-15-16-17-18-19(15)6-13-2-1-3-24-13/h4-5,13H,1-3,6-9H2. The second kappa shape index (κ2) is 7.56. The van der Waals surface area contributed by atoms with Crippen molar-refractivity contribution in [1.29, 1.82) is 0 Å². The SMILES string of the molecule is O=[N+]([O-])c1cc2c(c(CSc3nnnn3CC3CCCO3)c1)OCOC2. The molecule has 3 heterocycles. The predicted molar refractivity (Wildman–Crippen MR) is 89.7 cm³/mol. The molecule has 1 fully saturated rings. The minimum absolute atomic E-state index is 0.0207. The van der Waals surface area contributed by atoms with E-state index >= 15 is 0 Å². The molecule has 1 saturated heterocycles. The fourth-order valence-electron chi connectivity index (χ4n) is 3.03. The van der Waals surface area contributed by atoms with Gasteiger partial charge in [0.25, 0.3) is 5.69 Å². The highest BCUT2D eigenvalue weighted by Gasteiger charge is 2.23. The van der Waals surface area contributed by atoms with Crippen molar-refractivity contribution in [2.75, 3.05) is 13.4 Å². The van der Waals surface area contributed by atoms with E-state index in [9.17, 15) is 10.1 Å². The molecule has 2 aliphatic heterocycles. The van der Waals surface area contributed by atoms with Crippen LogP contribution in [-0.4, -0.2) is 44.6 Å². The van der Waals surface area contributed by atoms with Gasteiger partial charge < -0.3 is 14.2 Å². The molecule has 2 aromatic rings. The first-order valence-corrected chi connectivity index (χ1v) is 9.20. The van der Waals surface area contributed by atoms with E-state index in [1.54, 1.807) is 4.68 Å². The smallest absolute Gasteiger partial charge is 0.270 e. The summed E-state index contributed by atoms with van der Waals surface area (Å²) in [7, 11) is 0. The molecule has 0 saturated carbocycles. The third-order valence-electron chi connectivity index (χ3n) is 4.24. The highest BCUT2D eigenvalue weighted by molar-refractivity contribution is 7.98. The quantitative estimate of drug-likeness (QED) is 0.422. The Morgan fingerprint density at radius 1 is 1.42 bits per heavy atom. The van der Waals surface area contributed by atoms with Gasteiger partial charge in [0.1, 0.15) is 5.75 Å². The lowest BCUT2D eigenvalue weighted by atomic mass is 10.1. The number of nitro benzene ring substituents is 1. The summed E-state index contributed by atoms with van der Waals surface area (Å²) in [4.78, 5) is 10.8. The Balaban J connectivity index is 1.52. The first kappa shape index (κ1) is 17.2. The average molecular weight is 379 g/mol. The van der Waals surface area contributed by atoms with Crippen LogP contribution in [0.25, 0.3) is 0 Å². The first-order valence-electron chi connectivity index (χ1n) is 8.22. The van der Waals surface area contributed by atoms with Gasteiger partial charge in [-0.25, -0.2) is 4.68 Å². The van der Waals surface area contributed by atoms with Crippen LogP contribution in [0.2, 0.25) is 0 Å². The minimum atomic E-state index is -0.412. The maximum Gasteiger partial charge on any atom is 0.270 e. The zero-order valence-corrected chi connectivity index (χ0v) is 14.7. The van der Waals surface area contributed by atoms with E-state index in [0.717, 1.165) is 25.0 Å². The number of nitro groups is 1. The van der Waals surface area contributed by atoms with Gasteiger partial charge in [0.2, 0.25) is 5.16 Å². The fourth-order valence-corrected chi connectivity index (χ4v) is 3.88. The van der Waals surface area contributed by atoms with Gasteiger partial charge in [-0.1, -0.05) is 11.8 Å². The van der Waals surface area contributed by atoms with Gasteiger partial charge in [-0.05, 0) is 23.3 Å². The minimum Gasteiger partial charge on any atom is -0.467 e. The number of hydrogen-bond donors (Lipinski definition) is 0. The van der Waals surface area contributed by atoms with E-state index in [1.807, 2.05) is 0 Å². The van der Waals surface area contributed by atoms with Crippen LogP contribution in [0.1, 0.15) is 24.0 Å². The summed E-state index contributed by atoms with van der Waals surface area (Å²) in [6, 6.07) is 3.02. The molecule has 4 rings (SSSR count). The lowest BCUT2D eigenvalue weighted by Gasteiger charge is -2.20. The van der Waals surface area contributed by atoms with Gasteiger partial charge in [-0.3, -0.25) is 10.1 Å². The van der Waals surface area contributed by atoms with Gasteiger partial charge in [0.05, 0.1) is 24.2 Å². The van der Waals surface area contributed by atoms with E-state index in [2.05, 4.69) is 15.5 Å². The van der Waals surface area contributed by atoms with Gasteiger partial charge in [-0.2, -0.15) is 0 Å². The molecule has 0 N–H and O–H groups in total. The molecule has 0 bridgehead atoms. The Morgan fingerprint density at radius 3 is 3.15 bits per heavy atom.